The van der Waals surface area contributed by atoms with E-state index in [-0.39, 0.29) is 11.3 Å². The van der Waals surface area contributed by atoms with Crippen LogP contribution in [0.5, 0.6) is 0 Å². The molecule has 0 bridgehead atoms. The maximum atomic E-state index is 12.4. The fourth-order valence-corrected chi connectivity index (χ4v) is 1.10. The van der Waals surface area contributed by atoms with E-state index in [0.29, 0.717) is 0 Å². The number of alkyl halides is 3. The molecular formula is C9H8F3NO. The van der Waals surface area contributed by atoms with Crippen molar-refractivity contribution < 1.29 is 18.0 Å². The SMILES string of the molecule is CC(=O)c1ccc(N)cc1C(F)(F)F. The Labute approximate surface area is 78.5 Å². The number of anilines is 1. The first-order chi connectivity index (χ1) is 6.32. The highest BCUT2D eigenvalue weighted by Crippen LogP contribution is 2.33. The first kappa shape index (κ1) is 10.6. The Morgan fingerprint density at radius 2 is 1.93 bits per heavy atom. The molecule has 0 fully saturated rings. The fraction of sp³-hybridized carbons (Fsp3) is 0.222. The van der Waals surface area contributed by atoms with Crippen LogP contribution < -0.4 is 5.73 Å². The van der Waals surface area contributed by atoms with E-state index >= 15 is 0 Å². The molecule has 0 aliphatic carbocycles. The normalized spacial score (nSPS) is 11.4. The van der Waals surface area contributed by atoms with Gasteiger partial charge in [-0.3, -0.25) is 4.79 Å². The number of ketones is 1. The third kappa shape index (κ3) is 2.04. The summed E-state index contributed by atoms with van der Waals surface area (Å²) in [5, 5.41) is 0. The van der Waals surface area contributed by atoms with Crippen LogP contribution in [0.4, 0.5) is 18.9 Å². The van der Waals surface area contributed by atoms with E-state index in [9.17, 15) is 18.0 Å². The summed E-state index contributed by atoms with van der Waals surface area (Å²) in [7, 11) is 0. The van der Waals surface area contributed by atoms with Crippen LogP contribution in [0, 0.1) is 0 Å². The van der Waals surface area contributed by atoms with Crippen LogP contribution in [0.3, 0.4) is 0 Å². The number of Topliss-reactive ketones (excluding diaryl/α,β-unsaturated/α-hetero) is 1. The maximum Gasteiger partial charge on any atom is 0.417 e. The van der Waals surface area contributed by atoms with Crippen molar-refractivity contribution in [1.29, 1.82) is 0 Å². The van der Waals surface area contributed by atoms with Crippen molar-refractivity contribution >= 4 is 11.5 Å². The number of nitrogens with two attached hydrogens (primary N) is 1. The molecule has 0 amide bonds. The lowest BCUT2D eigenvalue weighted by molar-refractivity contribution is -0.137. The van der Waals surface area contributed by atoms with Crippen molar-refractivity contribution in [2.75, 3.05) is 5.73 Å². The minimum Gasteiger partial charge on any atom is -0.399 e. The van der Waals surface area contributed by atoms with Crippen LogP contribution in [0.1, 0.15) is 22.8 Å². The molecule has 0 aliphatic heterocycles. The smallest absolute Gasteiger partial charge is 0.399 e. The Balaban J connectivity index is 3.38. The summed E-state index contributed by atoms with van der Waals surface area (Å²) in [6.07, 6.45) is -4.55. The predicted octanol–water partition coefficient (Wildman–Crippen LogP) is 2.49. The molecule has 2 N–H and O–H groups in total. The minimum atomic E-state index is -4.55. The zero-order chi connectivity index (χ0) is 10.9. The molecule has 1 aromatic rings. The average molecular weight is 203 g/mol. The molecule has 0 atom stereocenters. The molecule has 0 saturated carbocycles. The van der Waals surface area contributed by atoms with Gasteiger partial charge in [0.15, 0.2) is 5.78 Å². The van der Waals surface area contributed by atoms with E-state index in [1.54, 1.807) is 0 Å². The molecule has 0 spiro atoms. The molecular weight excluding hydrogens is 195 g/mol. The Kier molecular flexibility index (Phi) is 2.51. The van der Waals surface area contributed by atoms with Gasteiger partial charge in [-0.25, -0.2) is 0 Å². The van der Waals surface area contributed by atoms with Gasteiger partial charge in [0, 0.05) is 11.3 Å². The van der Waals surface area contributed by atoms with Crippen LogP contribution in [0.2, 0.25) is 0 Å². The van der Waals surface area contributed by atoms with E-state index in [1.807, 2.05) is 0 Å². The average Bonchev–Trinajstić information content (AvgIpc) is 2.01. The summed E-state index contributed by atoms with van der Waals surface area (Å²) in [5.74, 6) is -0.627. The molecule has 0 aromatic heterocycles. The summed E-state index contributed by atoms with van der Waals surface area (Å²) in [4.78, 5) is 10.9. The largest absolute Gasteiger partial charge is 0.417 e. The second-order valence-electron chi connectivity index (χ2n) is 2.86. The molecule has 0 saturated heterocycles. The zero-order valence-electron chi connectivity index (χ0n) is 7.35. The molecule has 1 aromatic carbocycles. The lowest BCUT2D eigenvalue weighted by atomic mass is 10.0. The summed E-state index contributed by atoms with van der Waals surface area (Å²) >= 11 is 0. The van der Waals surface area contributed by atoms with Gasteiger partial charge in [0.25, 0.3) is 0 Å². The Hall–Kier alpha value is -1.52. The van der Waals surface area contributed by atoms with Crippen molar-refractivity contribution in [1.82, 2.24) is 0 Å². The summed E-state index contributed by atoms with van der Waals surface area (Å²) < 4.78 is 37.1. The van der Waals surface area contributed by atoms with Crippen LogP contribution >= 0.6 is 0 Å². The van der Waals surface area contributed by atoms with Crippen molar-refractivity contribution in [3.8, 4) is 0 Å². The number of carbonyl (C=O) groups is 1. The van der Waals surface area contributed by atoms with Crippen molar-refractivity contribution in [2.24, 2.45) is 0 Å². The predicted molar refractivity (Wildman–Crippen MR) is 45.9 cm³/mol. The molecule has 76 valence electrons. The quantitative estimate of drug-likeness (QED) is 0.562. The van der Waals surface area contributed by atoms with E-state index < -0.39 is 17.5 Å². The van der Waals surface area contributed by atoms with Crippen LogP contribution in [0.25, 0.3) is 0 Å². The van der Waals surface area contributed by atoms with E-state index in [0.717, 1.165) is 19.1 Å². The number of benzene rings is 1. The van der Waals surface area contributed by atoms with Crippen LogP contribution in [-0.2, 0) is 6.18 Å². The second kappa shape index (κ2) is 3.32. The van der Waals surface area contributed by atoms with Crippen LogP contribution in [-0.4, -0.2) is 5.78 Å². The molecule has 14 heavy (non-hydrogen) atoms. The molecule has 0 aliphatic rings. The lowest BCUT2D eigenvalue weighted by Gasteiger charge is -2.11. The number of halogens is 3. The number of hydrogen-bond donors (Lipinski definition) is 1. The minimum absolute atomic E-state index is 0.0117. The first-order valence-electron chi connectivity index (χ1n) is 3.80. The molecule has 2 nitrogen and oxygen atoms in total. The van der Waals surface area contributed by atoms with Gasteiger partial charge in [-0.05, 0) is 25.1 Å². The van der Waals surface area contributed by atoms with Gasteiger partial charge in [-0.1, -0.05) is 0 Å². The van der Waals surface area contributed by atoms with Gasteiger partial charge in [0.1, 0.15) is 0 Å². The van der Waals surface area contributed by atoms with Gasteiger partial charge >= 0.3 is 6.18 Å². The lowest BCUT2D eigenvalue weighted by Crippen LogP contribution is -2.12. The molecule has 1 rings (SSSR count). The molecule has 5 heteroatoms. The summed E-state index contributed by atoms with van der Waals surface area (Å²) in [5.41, 5.74) is 3.86. The van der Waals surface area contributed by atoms with Gasteiger partial charge < -0.3 is 5.73 Å². The number of carbonyl (C=O) groups excluding carboxylic acids is 1. The van der Waals surface area contributed by atoms with Gasteiger partial charge in [0.05, 0.1) is 5.56 Å². The summed E-state index contributed by atoms with van der Waals surface area (Å²) in [6, 6.07) is 3.11. The highest BCUT2D eigenvalue weighted by Gasteiger charge is 2.34. The third-order valence-corrected chi connectivity index (χ3v) is 1.73. The van der Waals surface area contributed by atoms with Crippen molar-refractivity contribution in [2.45, 2.75) is 13.1 Å². The Morgan fingerprint density at radius 1 is 1.36 bits per heavy atom. The summed E-state index contributed by atoms with van der Waals surface area (Å²) in [6.45, 7) is 1.08. The fourth-order valence-electron chi connectivity index (χ4n) is 1.10. The van der Waals surface area contributed by atoms with Crippen molar-refractivity contribution in [3.63, 3.8) is 0 Å². The molecule has 0 radical (unpaired) electrons. The maximum absolute atomic E-state index is 12.4. The monoisotopic (exact) mass is 203 g/mol. The topological polar surface area (TPSA) is 43.1 Å². The van der Waals surface area contributed by atoms with Crippen molar-refractivity contribution in [3.05, 3.63) is 29.3 Å². The Morgan fingerprint density at radius 3 is 2.36 bits per heavy atom. The number of rotatable bonds is 1. The van der Waals surface area contributed by atoms with E-state index in [2.05, 4.69) is 0 Å². The standard InChI is InChI=1S/C9H8F3NO/c1-5(14)7-3-2-6(13)4-8(7)9(10,11)12/h2-4H,13H2,1H3. The number of hydrogen-bond acceptors (Lipinski definition) is 2. The van der Waals surface area contributed by atoms with Crippen LogP contribution in [0.15, 0.2) is 18.2 Å². The van der Waals surface area contributed by atoms with Gasteiger partial charge in [-0.2, -0.15) is 13.2 Å². The highest BCUT2D eigenvalue weighted by molar-refractivity contribution is 5.96. The van der Waals surface area contributed by atoms with Gasteiger partial charge in [-0.15, -0.1) is 0 Å². The first-order valence-corrected chi connectivity index (χ1v) is 3.80. The van der Waals surface area contributed by atoms with E-state index in [1.165, 1.54) is 6.07 Å². The third-order valence-electron chi connectivity index (χ3n) is 1.73. The number of nitrogen functional groups attached to an aromatic ring is 1. The Bertz CT molecular complexity index is 371. The van der Waals surface area contributed by atoms with E-state index in [4.69, 9.17) is 5.73 Å². The molecule has 0 heterocycles. The van der Waals surface area contributed by atoms with Gasteiger partial charge in [0.2, 0.25) is 0 Å². The zero-order valence-corrected chi connectivity index (χ0v) is 7.35. The highest BCUT2D eigenvalue weighted by atomic mass is 19.4. The molecule has 0 unspecified atom stereocenters. The second-order valence-corrected chi connectivity index (χ2v) is 2.86.